The van der Waals surface area contributed by atoms with Crippen LogP contribution in [0.2, 0.25) is 0 Å². The molecule has 1 aromatic carbocycles. The van der Waals surface area contributed by atoms with Crippen LogP contribution in [0, 0.1) is 5.82 Å². The molecule has 0 unspecified atom stereocenters. The van der Waals surface area contributed by atoms with Gasteiger partial charge in [-0.1, -0.05) is 0 Å². The molecule has 26 heavy (non-hydrogen) atoms. The first-order chi connectivity index (χ1) is 12.5. The van der Waals surface area contributed by atoms with Gasteiger partial charge in [0, 0.05) is 18.8 Å². The third kappa shape index (κ3) is 3.18. The highest BCUT2D eigenvalue weighted by atomic mass is 32.1. The fourth-order valence-electron chi connectivity index (χ4n) is 2.56. The van der Waals surface area contributed by atoms with Crippen molar-refractivity contribution in [2.24, 2.45) is 12.8 Å². The van der Waals surface area contributed by atoms with E-state index in [-0.39, 0.29) is 18.7 Å². The number of carbonyl (C=O) groups excluding carboxylic acids is 1. The summed E-state index contributed by atoms with van der Waals surface area (Å²) >= 11 is 1.35. The highest BCUT2D eigenvalue weighted by Gasteiger charge is 2.15. The fourth-order valence-corrected chi connectivity index (χ4v) is 3.57. The number of hydrogen-bond acceptors (Lipinski definition) is 7. The third-order valence-electron chi connectivity index (χ3n) is 3.67. The molecule has 10 heteroatoms. The molecule has 0 aliphatic carbocycles. The van der Waals surface area contributed by atoms with Crippen LogP contribution >= 0.6 is 11.3 Å². The van der Waals surface area contributed by atoms with Gasteiger partial charge in [0.15, 0.2) is 5.82 Å². The lowest BCUT2D eigenvalue weighted by atomic mass is 10.1. The average Bonchev–Trinajstić information content (AvgIpc) is 3.27. The number of aryl methyl sites for hydroxylation is 1. The Hall–Kier alpha value is -3.14. The molecule has 0 aliphatic heterocycles. The molecular weight excluding hydrogens is 359 g/mol. The molecule has 132 valence electrons. The number of hydrogen-bond donors (Lipinski definition) is 1. The van der Waals surface area contributed by atoms with Crippen molar-refractivity contribution in [2.75, 3.05) is 0 Å². The Morgan fingerprint density at radius 1 is 1.31 bits per heavy atom. The second-order valence-electron chi connectivity index (χ2n) is 5.72. The maximum absolute atomic E-state index is 14.5. The zero-order chi connectivity index (χ0) is 18.3. The highest BCUT2D eigenvalue weighted by molar-refractivity contribution is 7.18. The average molecular weight is 372 g/mol. The van der Waals surface area contributed by atoms with E-state index in [9.17, 15) is 9.18 Å². The Bertz CT molecular complexity index is 1120. The van der Waals surface area contributed by atoms with E-state index < -0.39 is 11.7 Å². The molecule has 0 radical (unpaired) electrons. The Morgan fingerprint density at radius 3 is 2.85 bits per heavy atom. The normalized spacial score (nSPS) is 11.3. The summed E-state index contributed by atoms with van der Waals surface area (Å²) in [7, 11) is 1.81. The number of fused-ring (bicyclic) bond motifs is 1. The summed E-state index contributed by atoms with van der Waals surface area (Å²) in [6.07, 6.45) is 3.64. The summed E-state index contributed by atoms with van der Waals surface area (Å²) in [5.74, 6) is -0.499. The minimum absolute atomic E-state index is 0.115. The number of primary amides is 1. The van der Waals surface area contributed by atoms with E-state index in [1.165, 1.54) is 17.4 Å². The number of amides is 1. The lowest BCUT2D eigenvalue weighted by Crippen LogP contribution is -2.13. The number of rotatable bonds is 5. The maximum Gasteiger partial charge on any atom is 0.226 e. The first-order valence-corrected chi connectivity index (χ1v) is 8.47. The van der Waals surface area contributed by atoms with Gasteiger partial charge in [0.1, 0.15) is 16.9 Å². The highest BCUT2D eigenvalue weighted by Crippen LogP contribution is 2.31. The minimum Gasteiger partial charge on any atom is -0.424 e. The molecule has 3 heterocycles. The van der Waals surface area contributed by atoms with E-state index in [2.05, 4.69) is 20.3 Å². The topological polar surface area (TPSA) is 113 Å². The molecule has 0 aliphatic rings. The van der Waals surface area contributed by atoms with Crippen LogP contribution in [0.1, 0.15) is 16.8 Å². The van der Waals surface area contributed by atoms with Crippen LogP contribution in [0.4, 0.5) is 4.39 Å². The zero-order valence-corrected chi connectivity index (χ0v) is 14.5. The van der Waals surface area contributed by atoms with Crippen molar-refractivity contribution in [3.63, 3.8) is 0 Å². The Labute approximate surface area is 150 Å². The van der Waals surface area contributed by atoms with Gasteiger partial charge in [-0.25, -0.2) is 9.37 Å². The van der Waals surface area contributed by atoms with Crippen LogP contribution in [-0.2, 0) is 24.7 Å². The van der Waals surface area contributed by atoms with Crippen molar-refractivity contribution in [3.05, 3.63) is 47.1 Å². The SMILES string of the molecule is Cn1cc(-c2cc(F)c3nc(Cc4nnc(CC(N)=O)o4)sc3c2)cn1. The maximum atomic E-state index is 14.5. The largest absolute Gasteiger partial charge is 0.424 e. The van der Waals surface area contributed by atoms with Gasteiger partial charge < -0.3 is 10.2 Å². The fraction of sp³-hybridized carbons (Fsp3) is 0.188. The van der Waals surface area contributed by atoms with Crippen molar-refractivity contribution >= 4 is 27.5 Å². The third-order valence-corrected chi connectivity index (χ3v) is 4.67. The molecule has 8 nitrogen and oxygen atoms in total. The molecule has 3 aromatic heterocycles. The van der Waals surface area contributed by atoms with Gasteiger partial charge in [-0.15, -0.1) is 21.5 Å². The number of aromatic nitrogens is 5. The lowest BCUT2D eigenvalue weighted by Gasteiger charge is -1.98. The molecule has 0 spiro atoms. The van der Waals surface area contributed by atoms with E-state index >= 15 is 0 Å². The van der Waals surface area contributed by atoms with Crippen molar-refractivity contribution in [1.29, 1.82) is 0 Å². The van der Waals surface area contributed by atoms with Gasteiger partial charge in [0.2, 0.25) is 17.7 Å². The number of thiazole rings is 1. The first-order valence-electron chi connectivity index (χ1n) is 7.65. The number of carbonyl (C=O) groups is 1. The minimum atomic E-state index is -0.551. The monoisotopic (exact) mass is 372 g/mol. The summed E-state index contributed by atoms with van der Waals surface area (Å²) < 4.78 is 22.2. The molecule has 4 aromatic rings. The van der Waals surface area contributed by atoms with E-state index in [1.54, 1.807) is 17.9 Å². The number of nitrogens with two attached hydrogens (primary N) is 1. The second kappa shape index (κ2) is 6.30. The molecule has 4 rings (SSSR count). The molecule has 1 amide bonds. The summed E-state index contributed by atoms with van der Waals surface area (Å²) in [6.45, 7) is 0. The molecule has 0 atom stereocenters. The molecule has 0 fully saturated rings. The summed E-state index contributed by atoms with van der Waals surface area (Å²) in [4.78, 5) is 15.2. The van der Waals surface area contributed by atoms with E-state index in [0.717, 1.165) is 15.8 Å². The summed E-state index contributed by atoms with van der Waals surface area (Å²) in [6, 6.07) is 3.32. The lowest BCUT2D eigenvalue weighted by molar-refractivity contribution is -0.117. The zero-order valence-electron chi connectivity index (χ0n) is 13.6. The van der Waals surface area contributed by atoms with Gasteiger partial charge in [-0.3, -0.25) is 9.48 Å². The van der Waals surface area contributed by atoms with E-state index in [1.807, 2.05) is 12.3 Å². The van der Waals surface area contributed by atoms with E-state index in [0.29, 0.717) is 16.4 Å². The molecule has 0 saturated carbocycles. The van der Waals surface area contributed by atoms with Gasteiger partial charge in [0.05, 0.1) is 17.3 Å². The van der Waals surface area contributed by atoms with Crippen LogP contribution < -0.4 is 5.73 Å². The van der Waals surface area contributed by atoms with Gasteiger partial charge in [0.25, 0.3) is 0 Å². The van der Waals surface area contributed by atoms with Crippen LogP contribution in [0.5, 0.6) is 0 Å². The second-order valence-corrected chi connectivity index (χ2v) is 6.84. The smallest absolute Gasteiger partial charge is 0.226 e. The Kier molecular flexibility index (Phi) is 3.96. The quantitative estimate of drug-likeness (QED) is 0.572. The molecular formula is C16H13FN6O2S. The van der Waals surface area contributed by atoms with Crippen molar-refractivity contribution < 1.29 is 13.6 Å². The predicted octanol–water partition coefficient (Wildman–Crippen LogP) is 1.84. The van der Waals surface area contributed by atoms with Gasteiger partial charge >= 0.3 is 0 Å². The summed E-state index contributed by atoms with van der Waals surface area (Å²) in [5, 5.41) is 12.4. The van der Waals surface area contributed by atoms with Crippen molar-refractivity contribution in [3.8, 4) is 11.1 Å². The van der Waals surface area contributed by atoms with Crippen LogP contribution in [0.25, 0.3) is 21.3 Å². The van der Waals surface area contributed by atoms with Gasteiger partial charge in [-0.2, -0.15) is 5.10 Å². The van der Waals surface area contributed by atoms with Crippen molar-refractivity contribution in [2.45, 2.75) is 12.8 Å². The Balaban J connectivity index is 1.64. The summed E-state index contributed by atoms with van der Waals surface area (Å²) in [5.41, 5.74) is 6.96. The van der Waals surface area contributed by atoms with Crippen molar-refractivity contribution in [1.82, 2.24) is 25.0 Å². The molecule has 2 N–H and O–H groups in total. The Morgan fingerprint density at radius 2 is 2.12 bits per heavy atom. The number of nitrogens with zero attached hydrogens (tertiary/aromatic N) is 5. The molecule has 0 bridgehead atoms. The van der Waals surface area contributed by atoms with E-state index in [4.69, 9.17) is 10.2 Å². The standard InChI is InChI=1S/C16H13FN6O2S/c1-23-7-9(6-19-23)8-2-10(17)16-11(3-8)26-15(20-16)5-14-22-21-13(25-14)4-12(18)24/h2-3,6-7H,4-5H2,1H3,(H2,18,24). The first kappa shape index (κ1) is 16.3. The number of halogens is 1. The number of benzene rings is 1. The predicted molar refractivity (Wildman–Crippen MR) is 91.8 cm³/mol. The molecule has 0 saturated heterocycles. The van der Waals surface area contributed by atoms with Crippen LogP contribution in [0.15, 0.2) is 28.9 Å². The van der Waals surface area contributed by atoms with Crippen LogP contribution in [-0.4, -0.2) is 30.9 Å². The van der Waals surface area contributed by atoms with Crippen LogP contribution in [0.3, 0.4) is 0 Å². The van der Waals surface area contributed by atoms with Gasteiger partial charge in [-0.05, 0) is 17.7 Å².